The van der Waals surface area contributed by atoms with Crippen LogP contribution in [0.25, 0.3) is 33.5 Å². The normalized spacial score (nSPS) is 21.5. The van der Waals surface area contributed by atoms with E-state index in [1.165, 1.54) is 86.8 Å². The lowest BCUT2D eigenvalue weighted by molar-refractivity contribution is -0.146. The highest BCUT2D eigenvalue weighted by molar-refractivity contribution is 9.26. The first-order valence-electron chi connectivity index (χ1n) is 42.3. The Labute approximate surface area is 827 Å². The number of hydrogen-bond acceptors (Lipinski definition) is 39. The summed E-state index contributed by atoms with van der Waals surface area (Å²) in [5.74, 6) is -0.314. The third-order valence-corrected chi connectivity index (χ3v) is 23.9. The molecule has 9 aromatic rings. The van der Waals surface area contributed by atoms with Crippen LogP contribution in [0, 0.1) is 0 Å². The van der Waals surface area contributed by atoms with Crippen molar-refractivity contribution in [3.63, 3.8) is 0 Å². The number of hydrogen-bond donors (Lipinski definition) is 13. The molecular formula is C86H137BrClN22O26P3Si. The van der Waals surface area contributed by atoms with E-state index in [0.29, 0.717) is 30.8 Å². The van der Waals surface area contributed by atoms with Crippen molar-refractivity contribution in [1.29, 1.82) is 0 Å². The summed E-state index contributed by atoms with van der Waals surface area (Å²) in [6.07, 6.45) is 0.412. The van der Waals surface area contributed by atoms with Crippen LogP contribution < -0.4 is 38.8 Å². The minimum Gasteiger partial charge on any atom is -0.465 e. The van der Waals surface area contributed by atoms with Crippen molar-refractivity contribution in [3.8, 4) is 0 Å². The maximum Gasteiger partial charge on any atom is 0.353 e. The number of benzene rings is 3. The molecule has 0 unspecified atom stereocenters. The lowest BCUT2D eigenvalue weighted by atomic mass is 9.95. The van der Waals surface area contributed by atoms with Gasteiger partial charge in [-0.25, -0.2) is 49.7 Å². The number of aliphatic hydroxyl groups excluding tert-OH is 2. The smallest absolute Gasteiger partial charge is 0.353 e. The molecule has 3 aliphatic rings. The molecule has 54 heteroatoms. The van der Waals surface area contributed by atoms with E-state index in [9.17, 15) is 62.9 Å². The standard InChI is InChI=1S/C36H35N6O9P.C25H41N8O8P.C11H15N6O6P.C7H15NO2.C3H9BrSi.4CH4.ClH.H3N.H2O/c1-4-47-52(46,48-5-2)22-21-27-29(50-33(44)25-17-11-7-12-18-25)36(3,51-34(45)26-19-13-8-14-20-26)35(49-27)42-31-28(40-41-42)30(37-23-38-31)39-32(43)24-15-9-6-10-16-24;1-6-8-11-39-22(35)15(3)30-42(38,31-16(4)23(36)40-12-9-7-2)13-10-17-19(34)25(5,37)24(41-17)33-21-18(29-32-33)20(26)27-14-28-21;1-11(19)7(18)5(2-3-24(20,21)22)23-10(11)17-9-6(15-16-17)8(12)13-4-14-9;1-3-4-5-10-7(9)6(2)8;1-5(2,3)4;;;;;;;/h6-23,27,29,35H,4-5H2,1-3H3,(H,37,38,39,43);10,13-17,19,24,34,37H,6-9,11-12H2,1-5H3,(H2,26,27,28)(H2,30,31,38);2-5,7,10,18-19H,1H3,(H2,12,13,14)(H2,20,21,22);6H,3-5,8H2,1-2H3;1-3H3;4*1H4;1H;1H3;1H2/b22-21+;13-10+;3-2+;;;;;;;;;/t27-,29-,35-,36-;15-,16-,17+,19+,24+,25+;5-,7-,10-,11-;6-;;;;;;;;/m1010......../s1. The average molecular weight is 2130 g/mol. The van der Waals surface area contributed by atoms with Crippen molar-refractivity contribution in [1.82, 2.24) is 91.2 Å². The number of rotatable bonds is 35. The van der Waals surface area contributed by atoms with Crippen molar-refractivity contribution >= 4 is 144 Å². The third-order valence-electron chi connectivity index (χ3n) is 19.5. The van der Waals surface area contributed by atoms with E-state index in [1.54, 1.807) is 112 Å². The molecule has 20 N–H and O–H groups in total. The summed E-state index contributed by atoms with van der Waals surface area (Å²) >= 11 is 3.51. The fraction of sp³-hybridized carbons (Fsp3) is 0.512. The first-order chi connectivity index (χ1) is 62.8. The minimum absolute atomic E-state index is 0. The van der Waals surface area contributed by atoms with Gasteiger partial charge in [-0.2, -0.15) is 14.0 Å². The number of nitrogen functional groups attached to an aromatic ring is 2. The molecule has 15 atom stereocenters. The SMILES string of the molecule is C.C.C.C.CCCCOC(=O)[C@H](C)N.CCCCOC(=O)[C@H](C)NP(=O)(/C=C/[C@H]1O[C@@H](n2nnc3c(N)ncnc32)[C@](C)(O)[C@@H]1O)N[C@@H](C)C(=O)OCCCC.CCOP(=O)(/C=C/[C@H]1O[C@@H](n2nnc3c(NC(=O)c4ccccc4)ncnc32)[C@](C)(OC(=O)c2ccccc2)[C@@H]1OC(=O)c1ccccc1)OCC.C[C@@]1(O)[C@H](O)[C@@H](/C=C/P(=O)(O)O)O[C@H]1n1nnc2c(N)ncnc21.C[Si](C)(C)Br.Cl.N.O. The number of carbonyl (C=O) groups is 6. The van der Waals surface area contributed by atoms with Gasteiger partial charge in [0.1, 0.15) is 85.5 Å². The molecule has 3 aromatic carbocycles. The molecule has 48 nitrogen and oxygen atoms in total. The van der Waals surface area contributed by atoms with Crippen molar-refractivity contribution in [2.24, 2.45) is 5.73 Å². The van der Waals surface area contributed by atoms with Crippen LogP contribution >= 0.6 is 50.3 Å². The number of amides is 1. The Morgan fingerprint density at radius 2 is 0.900 bits per heavy atom. The Hall–Kier alpha value is -10.2. The van der Waals surface area contributed by atoms with Crippen LogP contribution in [0.15, 0.2) is 146 Å². The first-order valence-corrected chi connectivity index (χ1v) is 53.1. The van der Waals surface area contributed by atoms with Gasteiger partial charge in [0, 0.05) is 23.0 Å². The van der Waals surface area contributed by atoms with E-state index in [-0.39, 0.29) is 148 Å². The number of nitrogens with one attached hydrogen (secondary N) is 3. The molecule has 3 fully saturated rings. The molecule has 0 spiro atoms. The number of unbranched alkanes of at least 4 members (excludes halogenated alkanes) is 3. The number of anilines is 3. The van der Waals surface area contributed by atoms with Crippen LogP contribution in [-0.2, 0) is 75.0 Å². The zero-order chi connectivity index (χ0) is 98.0. The molecule has 6 aromatic heterocycles. The third kappa shape index (κ3) is 34.8. The second-order valence-electron chi connectivity index (χ2n) is 31.8. The van der Waals surface area contributed by atoms with E-state index in [0.717, 1.165) is 36.4 Å². The van der Waals surface area contributed by atoms with Crippen molar-refractivity contribution < 1.29 is 125 Å². The second kappa shape index (κ2) is 57.8. The monoisotopic (exact) mass is 2130 g/mol. The Balaban J connectivity index is 0.000000994. The highest BCUT2D eigenvalue weighted by Crippen LogP contribution is 2.52. The molecule has 780 valence electrons. The van der Waals surface area contributed by atoms with Crippen LogP contribution in [0.2, 0.25) is 19.6 Å². The maximum absolute atomic E-state index is 14.1. The summed E-state index contributed by atoms with van der Waals surface area (Å²) < 4.78 is 98.4. The predicted molar refractivity (Wildman–Crippen MR) is 533 cm³/mol. The number of esters is 5. The van der Waals surface area contributed by atoms with E-state index in [4.69, 9.17) is 73.9 Å². The number of ether oxygens (including phenoxy) is 8. The average Bonchev–Trinajstić information content (AvgIpc) is 1.58. The maximum atomic E-state index is 14.1. The zero-order valence-electron chi connectivity index (χ0n) is 77.3. The molecule has 140 heavy (non-hydrogen) atoms. The van der Waals surface area contributed by atoms with Crippen molar-refractivity contribution in [2.75, 3.05) is 49.8 Å². The van der Waals surface area contributed by atoms with Crippen LogP contribution in [0.5, 0.6) is 0 Å². The van der Waals surface area contributed by atoms with E-state index in [1.807, 2.05) is 20.8 Å². The van der Waals surface area contributed by atoms with Crippen molar-refractivity contribution in [2.45, 2.75) is 254 Å². The van der Waals surface area contributed by atoms with Gasteiger partial charge in [-0.15, -0.1) is 43.0 Å². The summed E-state index contributed by atoms with van der Waals surface area (Å²) in [7, 11) is -12.1. The molecule has 0 saturated carbocycles. The number of carbonyl (C=O) groups excluding carboxylic acids is 6. The number of halogens is 2. The summed E-state index contributed by atoms with van der Waals surface area (Å²) in [5, 5.41) is 75.2. The van der Waals surface area contributed by atoms with Gasteiger partial charge in [0.15, 0.2) is 81.3 Å². The van der Waals surface area contributed by atoms with Crippen LogP contribution in [0.1, 0.15) is 194 Å². The lowest BCUT2D eigenvalue weighted by Gasteiger charge is -2.34. The fourth-order valence-corrected chi connectivity index (χ4v) is 16.4. The number of aliphatic hydroxyl groups is 4. The van der Waals surface area contributed by atoms with Gasteiger partial charge in [0.05, 0.1) is 44.2 Å². The van der Waals surface area contributed by atoms with Crippen LogP contribution in [0.3, 0.4) is 0 Å². The number of aromatic nitrogens is 15. The number of nitrogens with zero attached hydrogens (tertiary/aromatic N) is 15. The van der Waals surface area contributed by atoms with Gasteiger partial charge in [0.2, 0.25) is 7.44 Å². The van der Waals surface area contributed by atoms with Gasteiger partial charge in [0.25, 0.3) is 5.91 Å². The molecule has 0 aliphatic carbocycles. The minimum atomic E-state index is -4.44. The summed E-state index contributed by atoms with van der Waals surface area (Å²) in [5.41, 5.74) is 12.9. The van der Waals surface area contributed by atoms with Crippen LogP contribution in [0.4, 0.5) is 17.5 Å². The zero-order valence-corrected chi connectivity index (χ0v) is 83.4. The van der Waals surface area contributed by atoms with Gasteiger partial charge < -0.3 is 111 Å². The van der Waals surface area contributed by atoms with Crippen LogP contribution in [-0.4, -0.2) is 258 Å². The van der Waals surface area contributed by atoms with Gasteiger partial charge >= 0.3 is 45.0 Å². The van der Waals surface area contributed by atoms with E-state index in [2.05, 4.69) is 111 Å². The molecule has 0 bridgehead atoms. The Kier molecular flexibility index (Phi) is 52.7. The molecule has 0 radical (unpaired) electrons. The lowest BCUT2D eigenvalue weighted by Crippen LogP contribution is -2.49. The fourth-order valence-electron chi connectivity index (χ4n) is 12.6. The highest BCUT2D eigenvalue weighted by Gasteiger charge is 2.61. The molecule has 1 amide bonds. The summed E-state index contributed by atoms with van der Waals surface area (Å²) in [6.45, 7) is 25.0. The molecule has 3 saturated heterocycles. The molecule has 3 aliphatic heterocycles. The van der Waals surface area contributed by atoms with Gasteiger partial charge in [-0.1, -0.05) is 160 Å². The number of fused-ring (bicyclic) bond motifs is 3. The van der Waals surface area contributed by atoms with E-state index < -0.39 is 149 Å². The highest BCUT2D eigenvalue weighted by atomic mass is 79.9. The van der Waals surface area contributed by atoms with Gasteiger partial charge in [-0.3, -0.25) is 32.9 Å². The Bertz CT molecular complexity index is 5590. The van der Waals surface area contributed by atoms with Gasteiger partial charge in [-0.05, 0) is 129 Å². The largest absolute Gasteiger partial charge is 0.465 e. The van der Waals surface area contributed by atoms with Crippen molar-refractivity contribution in [3.05, 3.63) is 162 Å². The topological polar surface area (TPSA) is 717 Å². The summed E-state index contributed by atoms with van der Waals surface area (Å²) in [6, 6.07) is 22.4. The molecule has 12 rings (SSSR count). The predicted octanol–water partition coefficient (Wildman–Crippen LogP) is 10.9. The first kappa shape index (κ1) is 128. The molecule has 9 heterocycles. The molecular weight excluding hydrogens is 1990 g/mol. The van der Waals surface area contributed by atoms with E-state index >= 15 is 0 Å². The quantitative estimate of drug-likeness (QED) is 0.00438. The number of nitrogens with two attached hydrogens (primary N) is 3. The second-order valence-corrected chi connectivity index (χ2v) is 48.6. The Morgan fingerprint density at radius 1 is 0.543 bits per heavy atom. The Morgan fingerprint density at radius 3 is 1.30 bits per heavy atom. The summed E-state index contributed by atoms with van der Waals surface area (Å²) in [4.78, 5) is 118.